The van der Waals surface area contributed by atoms with Gasteiger partial charge in [0.15, 0.2) is 0 Å². The van der Waals surface area contributed by atoms with Crippen LogP contribution in [0.15, 0.2) is 18.2 Å². The van der Waals surface area contributed by atoms with E-state index >= 15 is 0 Å². The van der Waals surface area contributed by atoms with Crippen LogP contribution < -0.4 is 10.0 Å². The Morgan fingerprint density at radius 2 is 2.10 bits per heavy atom. The molecule has 1 aromatic rings. The van der Waals surface area contributed by atoms with Crippen molar-refractivity contribution in [1.82, 2.24) is 0 Å². The molecule has 108 valence electrons. The fourth-order valence-electron chi connectivity index (χ4n) is 2.13. The Balaban J connectivity index is 2.40. The van der Waals surface area contributed by atoms with Crippen molar-refractivity contribution < 1.29 is 18.1 Å². The van der Waals surface area contributed by atoms with Crippen molar-refractivity contribution >= 4 is 27.3 Å². The average molecular weight is 299 g/mol. The summed E-state index contributed by atoms with van der Waals surface area (Å²) in [4.78, 5) is 23.3. The van der Waals surface area contributed by atoms with E-state index in [4.69, 9.17) is 5.14 Å². The number of carbonyl (C=O) groups is 1. The molecule has 0 aliphatic carbocycles. The highest BCUT2D eigenvalue weighted by molar-refractivity contribution is 7.89. The van der Waals surface area contributed by atoms with E-state index < -0.39 is 26.1 Å². The number of nitro benzene ring substituents is 1. The number of nitrogens with two attached hydrogens (primary N) is 1. The molecule has 1 aliphatic heterocycles. The van der Waals surface area contributed by atoms with Crippen LogP contribution in [-0.2, 0) is 14.8 Å². The highest BCUT2D eigenvalue weighted by Gasteiger charge is 2.38. The van der Waals surface area contributed by atoms with Crippen molar-refractivity contribution in [3.8, 4) is 0 Å². The summed E-state index contributed by atoms with van der Waals surface area (Å²) in [5, 5.41) is 14.8. The van der Waals surface area contributed by atoms with Crippen molar-refractivity contribution in [3.05, 3.63) is 33.9 Å². The van der Waals surface area contributed by atoms with Gasteiger partial charge in [-0.2, -0.15) is 0 Å². The molecule has 20 heavy (non-hydrogen) atoms. The second kappa shape index (κ2) is 4.84. The molecular formula is C11H13N3O5S. The molecule has 1 saturated heterocycles. The first-order valence-corrected chi connectivity index (χ1v) is 7.38. The van der Waals surface area contributed by atoms with Crippen molar-refractivity contribution in [2.24, 2.45) is 5.14 Å². The van der Waals surface area contributed by atoms with Gasteiger partial charge in [-0.3, -0.25) is 14.9 Å². The molecule has 0 bridgehead atoms. The molecule has 1 fully saturated rings. The van der Waals surface area contributed by atoms with Crippen LogP contribution in [0.2, 0.25) is 0 Å². The molecule has 0 spiro atoms. The topological polar surface area (TPSA) is 124 Å². The summed E-state index contributed by atoms with van der Waals surface area (Å²) in [5.41, 5.74) is 0.840. The number of nitrogens with zero attached hydrogens (tertiary/aromatic N) is 2. The van der Waals surface area contributed by atoms with Gasteiger partial charge in [0.1, 0.15) is 5.25 Å². The molecule has 8 nitrogen and oxygen atoms in total. The SMILES string of the molecule is Cc1ccc([N+](=O)[O-])cc1N1CC(S(N)(=O)=O)CC1=O. The predicted octanol–water partition coefficient (Wildman–Crippen LogP) is 0.297. The van der Waals surface area contributed by atoms with E-state index in [0.29, 0.717) is 11.3 Å². The Hall–Kier alpha value is -2.00. The van der Waals surface area contributed by atoms with E-state index in [1.54, 1.807) is 6.92 Å². The van der Waals surface area contributed by atoms with E-state index in [2.05, 4.69) is 0 Å². The number of anilines is 1. The Bertz CT molecular complexity index is 685. The van der Waals surface area contributed by atoms with Crippen molar-refractivity contribution in [3.63, 3.8) is 0 Å². The molecule has 9 heteroatoms. The van der Waals surface area contributed by atoms with Crippen molar-refractivity contribution in [2.75, 3.05) is 11.4 Å². The average Bonchev–Trinajstić information content (AvgIpc) is 2.71. The van der Waals surface area contributed by atoms with Gasteiger partial charge in [0.25, 0.3) is 5.69 Å². The number of benzene rings is 1. The molecular weight excluding hydrogens is 286 g/mol. The molecule has 1 aliphatic rings. The van der Waals surface area contributed by atoms with Crippen LogP contribution in [-0.4, -0.2) is 31.0 Å². The summed E-state index contributed by atoms with van der Waals surface area (Å²) < 4.78 is 22.6. The van der Waals surface area contributed by atoms with Gasteiger partial charge >= 0.3 is 0 Å². The number of rotatable bonds is 3. The number of hydrogen-bond donors (Lipinski definition) is 1. The number of amides is 1. The van der Waals surface area contributed by atoms with Gasteiger partial charge in [0.2, 0.25) is 15.9 Å². The van der Waals surface area contributed by atoms with Gasteiger partial charge in [-0.05, 0) is 12.5 Å². The minimum absolute atomic E-state index is 0.0837. The minimum atomic E-state index is -3.81. The molecule has 1 heterocycles. The van der Waals surface area contributed by atoms with Crippen LogP contribution in [0.5, 0.6) is 0 Å². The summed E-state index contributed by atoms with van der Waals surface area (Å²) in [6.07, 6.45) is -0.207. The lowest BCUT2D eigenvalue weighted by Crippen LogP contribution is -2.32. The van der Waals surface area contributed by atoms with Crippen LogP contribution in [0.4, 0.5) is 11.4 Å². The van der Waals surface area contributed by atoms with Crippen LogP contribution >= 0.6 is 0 Å². The molecule has 1 amide bonds. The molecule has 2 N–H and O–H groups in total. The van der Waals surface area contributed by atoms with Gasteiger partial charge in [-0.15, -0.1) is 0 Å². The number of non-ortho nitro benzene ring substituents is 1. The molecule has 1 atom stereocenters. The predicted molar refractivity (Wildman–Crippen MR) is 71.7 cm³/mol. The van der Waals surface area contributed by atoms with Crippen LogP contribution in [0.3, 0.4) is 0 Å². The smallest absolute Gasteiger partial charge is 0.271 e. The Kier molecular flexibility index (Phi) is 3.48. The lowest BCUT2D eigenvalue weighted by Gasteiger charge is -2.18. The lowest BCUT2D eigenvalue weighted by atomic mass is 10.1. The number of primary sulfonamides is 1. The van der Waals surface area contributed by atoms with Crippen LogP contribution in [0, 0.1) is 17.0 Å². The fraction of sp³-hybridized carbons (Fsp3) is 0.364. The minimum Gasteiger partial charge on any atom is -0.310 e. The molecule has 0 aromatic heterocycles. The number of nitro groups is 1. The molecule has 1 aromatic carbocycles. The second-order valence-electron chi connectivity index (χ2n) is 4.65. The summed E-state index contributed by atoms with van der Waals surface area (Å²) in [6.45, 7) is 1.61. The third kappa shape index (κ3) is 2.63. The fourth-order valence-corrected chi connectivity index (χ4v) is 2.86. The van der Waals surface area contributed by atoms with Gasteiger partial charge < -0.3 is 4.90 Å². The van der Waals surface area contributed by atoms with Gasteiger partial charge in [0.05, 0.1) is 10.6 Å². The monoisotopic (exact) mass is 299 g/mol. The van der Waals surface area contributed by atoms with Crippen LogP contribution in [0.25, 0.3) is 0 Å². The first kappa shape index (κ1) is 14.4. The zero-order valence-corrected chi connectivity index (χ0v) is 11.5. The first-order valence-electron chi connectivity index (χ1n) is 5.77. The maximum atomic E-state index is 11.9. The lowest BCUT2D eigenvalue weighted by molar-refractivity contribution is -0.384. The maximum Gasteiger partial charge on any atom is 0.271 e. The third-order valence-electron chi connectivity index (χ3n) is 3.25. The zero-order chi connectivity index (χ0) is 15.1. The highest BCUT2D eigenvalue weighted by Crippen LogP contribution is 2.30. The van der Waals surface area contributed by atoms with Crippen molar-refractivity contribution in [1.29, 1.82) is 0 Å². The summed E-state index contributed by atoms with van der Waals surface area (Å²) in [6, 6.07) is 4.11. The van der Waals surface area contributed by atoms with Crippen LogP contribution in [0.1, 0.15) is 12.0 Å². The Labute approximate surface area is 115 Å². The maximum absolute atomic E-state index is 11.9. The third-order valence-corrected chi connectivity index (χ3v) is 4.49. The standard InChI is InChI=1S/C11H13N3O5S/c1-7-2-3-8(14(16)17)4-10(7)13-6-9(5-11(13)15)20(12,18)19/h2-4,9H,5-6H2,1H3,(H2,12,18,19). The zero-order valence-electron chi connectivity index (χ0n) is 10.6. The highest BCUT2D eigenvalue weighted by atomic mass is 32.2. The largest absolute Gasteiger partial charge is 0.310 e. The van der Waals surface area contributed by atoms with Gasteiger partial charge in [-0.25, -0.2) is 13.6 Å². The van der Waals surface area contributed by atoms with E-state index in [1.165, 1.54) is 23.1 Å². The van der Waals surface area contributed by atoms with E-state index in [9.17, 15) is 23.3 Å². The molecule has 0 saturated carbocycles. The quantitative estimate of drug-likeness (QED) is 0.635. The summed E-state index contributed by atoms with van der Waals surface area (Å²) in [7, 11) is -3.81. The summed E-state index contributed by atoms with van der Waals surface area (Å²) >= 11 is 0. The summed E-state index contributed by atoms with van der Waals surface area (Å²) in [5.74, 6) is -0.410. The van der Waals surface area contributed by atoms with Gasteiger partial charge in [-0.1, -0.05) is 6.07 Å². The molecule has 0 radical (unpaired) electrons. The number of aryl methyl sites for hydroxylation is 1. The Morgan fingerprint density at radius 3 is 2.60 bits per heavy atom. The number of sulfonamides is 1. The number of hydrogen-bond acceptors (Lipinski definition) is 5. The van der Waals surface area contributed by atoms with E-state index in [0.717, 1.165) is 0 Å². The molecule has 1 unspecified atom stereocenters. The van der Waals surface area contributed by atoms with E-state index in [1.807, 2.05) is 0 Å². The van der Waals surface area contributed by atoms with Gasteiger partial charge in [0, 0.05) is 25.1 Å². The Morgan fingerprint density at radius 1 is 1.45 bits per heavy atom. The normalized spacial score (nSPS) is 19.4. The molecule has 2 rings (SSSR count). The first-order chi connectivity index (χ1) is 9.20. The second-order valence-corrected chi connectivity index (χ2v) is 6.49. The number of carbonyl (C=O) groups excluding carboxylic acids is 1. The van der Waals surface area contributed by atoms with E-state index in [-0.39, 0.29) is 18.7 Å². The van der Waals surface area contributed by atoms with Crippen molar-refractivity contribution in [2.45, 2.75) is 18.6 Å².